The fraction of sp³-hybridized carbons (Fsp3) is 0.300. The van der Waals surface area contributed by atoms with Gasteiger partial charge < -0.3 is 10.5 Å². The molecule has 1 atom stereocenters. The topological polar surface area (TPSA) is 52.3 Å². The van der Waals surface area contributed by atoms with E-state index in [-0.39, 0.29) is 6.61 Å². The molecule has 1 aromatic carbocycles. The second-order valence-corrected chi connectivity index (χ2v) is 3.96. The second-order valence-electron chi connectivity index (χ2n) is 3.14. The Hall–Kier alpha value is -0.770. The standard InChI is InChI=1S/C10H11Cl2NO2/c1-6(13)10(14)15-5-7-2-3-8(11)9(12)4-7/h2-4,6H,5,13H2,1H3. The maximum Gasteiger partial charge on any atom is 0.322 e. The predicted octanol–water partition coefficient (Wildman–Crippen LogP) is 2.38. The summed E-state index contributed by atoms with van der Waals surface area (Å²) in [7, 11) is 0. The first kappa shape index (κ1) is 12.3. The summed E-state index contributed by atoms with van der Waals surface area (Å²) in [6.07, 6.45) is 0. The quantitative estimate of drug-likeness (QED) is 0.835. The Morgan fingerprint density at radius 3 is 2.67 bits per heavy atom. The summed E-state index contributed by atoms with van der Waals surface area (Å²) in [5.74, 6) is -0.443. The molecule has 2 N–H and O–H groups in total. The average molecular weight is 248 g/mol. The number of carbonyl (C=O) groups is 1. The third-order valence-corrected chi connectivity index (χ3v) is 2.48. The van der Waals surface area contributed by atoms with Crippen molar-refractivity contribution in [3.63, 3.8) is 0 Å². The number of nitrogens with two attached hydrogens (primary N) is 1. The molecule has 1 aromatic rings. The Bertz CT molecular complexity index is 366. The molecule has 0 fully saturated rings. The third-order valence-electron chi connectivity index (χ3n) is 1.74. The van der Waals surface area contributed by atoms with Gasteiger partial charge in [0.2, 0.25) is 0 Å². The number of benzene rings is 1. The van der Waals surface area contributed by atoms with Gasteiger partial charge in [0.15, 0.2) is 0 Å². The zero-order valence-electron chi connectivity index (χ0n) is 8.17. The van der Waals surface area contributed by atoms with Gasteiger partial charge in [-0.2, -0.15) is 0 Å². The summed E-state index contributed by atoms with van der Waals surface area (Å²) in [6.45, 7) is 1.72. The van der Waals surface area contributed by atoms with Crippen molar-refractivity contribution in [2.45, 2.75) is 19.6 Å². The number of hydrogen-bond donors (Lipinski definition) is 1. The van der Waals surface area contributed by atoms with Crippen LogP contribution in [0.2, 0.25) is 10.0 Å². The highest BCUT2D eigenvalue weighted by molar-refractivity contribution is 6.42. The summed E-state index contributed by atoms with van der Waals surface area (Å²) in [5.41, 5.74) is 6.11. The lowest BCUT2D eigenvalue weighted by molar-refractivity contribution is -0.146. The fourth-order valence-electron chi connectivity index (χ4n) is 0.915. The molecule has 5 heteroatoms. The lowest BCUT2D eigenvalue weighted by Gasteiger charge is -2.07. The zero-order valence-corrected chi connectivity index (χ0v) is 9.68. The predicted molar refractivity (Wildman–Crippen MR) is 59.9 cm³/mol. The van der Waals surface area contributed by atoms with Crippen molar-refractivity contribution in [3.8, 4) is 0 Å². The molecule has 0 amide bonds. The summed E-state index contributed by atoms with van der Waals surface area (Å²) in [5, 5.41) is 0.907. The second kappa shape index (κ2) is 5.35. The summed E-state index contributed by atoms with van der Waals surface area (Å²) in [6, 6.07) is 4.42. The lowest BCUT2D eigenvalue weighted by Crippen LogP contribution is -2.28. The van der Waals surface area contributed by atoms with Crippen LogP contribution in [0.5, 0.6) is 0 Å². The van der Waals surface area contributed by atoms with E-state index in [1.165, 1.54) is 0 Å². The maximum atomic E-state index is 11.1. The number of halogens is 2. The van der Waals surface area contributed by atoms with Gasteiger partial charge in [0.1, 0.15) is 12.6 Å². The van der Waals surface area contributed by atoms with Crippen LogP contribution >= 0.6 is 23.2 Å². The highest BCUT2D eigenvalue weighted by atomic mass is 35.5. The number of rotatable bonds is 3. The minimum Gasteiger partial charge on any atom is -0.460 e. The van der Waals surface area contributed by atoms with Gasteiger partial charge in [-0.15, -0.1) is 0 Å². The van der Waals surface area contributed by atoms with Crippen molar-refractivity contribution in [2.24, 2.45) is 5.73 Å². The van der Waals surface area contributed by atoms with Crippen LogP contribution in [0.1, 0.15) is 12.5 Å². The Morgan fingerprint density at radius 2 is 2.13 bits per heavy atom. The van der Waals surface area contributed by atoms with Gasteiger partial charge in [0.25, 0.3) is 0 Å². The summed E-state index contributed by atoms with van der Waals surface area (Å²) >= 11 is 11.5. The van der Waals surface area contributed by atoms with Crippen molar-refractivity contribution in [2.75, 3.05) is 0 Å². The van der Waals surface area contributed by atoms with E-state index in [0.717, 1.165) is 5.56 Å². The van der Waals surface area contributed by atoms with Gasteiger partial charge in [-0.05, 0) is 24.6 Å². The Kier molecular flexibility index (Phi) is 4.39. The van der Waals surface area contributed by atoms with Crippen molar-refractivity contribution >= 4 is 29.2 Å². The third kappa shape index (κ3) is 3.70. The molecular weight excluding hydrogens is 237 g/mol. The molecule has 1 rings (SSSR count). The molecule has 15 heavy (non-hydrogen) atoms. The van der Waals surface area contributed by atoms with Crippen LogP contribution in [0.15, 0.2) is 18.2 Å². The average Bonchev–Trinajstić information content (AvgIpc) is 2.19. The first-order chi connectivity index (χ1) is 7.00. The molecule has 82 valence electrons. The van der Waals surface area contributed by atoms with E-state index in [4.69, 9.17) is 33.7 Å². The molecule has 1 unspecified atom stereocenters. The van der Waals surface area contributed by atoms with Crippen LogP contribution in [0.3, 0.4) is 0 Å². The largest absolute Gasteiger partial charge is 0.460 e. The molecule has 0 heterocycles. The molecular formula is C10H11Cl2NO2. The van der Waals surface area contributed by atoms with Crippen LogP contribution < -0.4 is 5.73 Å². The smallest absolute Gasteiger partial charge is 0.322 e. The fourth-order valence-corrected chi connectivity index (χ4v) is 1.24. The molecule has 0 radical (unpaired) electrons. The number of ether oxygens (including phenoxy) is 1. The molecule has 0 saturated carbocycles. The van der Waals surface area contributed by atoms with E-state index in [1.54, 1.807) is 25.1 Å². The lowest BCUT2D eigenvalue weighted by atomic mass is 10.2. The van der Waals surface area contributed by atoms with Gasteiger partial charge in [-0.25, -0.2) is 0 Å². The maximum absolute atomic E-state index is 11.1. The van der Waals surface area contributed by atoms with Crippen molar-refractivity contribution in [3.05, 3.63) is 33.8 Å². The van der Waals surface area contributed by atoms with Crippen LogP contribution in [-0.2, 0) is 16.1 Å². The molecule has 0 saturated heterocycles. The van der Waals surface area contributed by atoms with Gasteiger partial charge in [0, 0.05) is 0 Å². The van der Waals surface area contributed by atoms with E-state index in [2.05, 4.69) is 0 Å². The number of hydrogen-bond acceptors (Lipinski definition) is 3. The van der Waals surface area contributed by atoms with E-state index in [9.17, 15) is 4.79 Å². The minimum absolute atomic E-state index is 0.150. The SMILES string of the molecule is CC(N)C(=O)OCc1ccc(Cl)c(Cl)c1. The van der Waals surface area contributed by atoms with E-state index >= 15 is 0 Å². The Balaban J connectivity index is 2.58. The first-order valence-electron chi connectivity index (χ1n) is 4.37. The molecule has 0 aliphatic rings. The van der Waals surface area contributed by atoms with Crippen LogP contribution in [0.4, 0.5) is 0 Å². The molecule has 3 nitrogen and oxygen atoms in total. The normalized spacial score (nSPS) is 12.3. The molecule has 0 aromatic heterocycles. The van der Waals surface area contributed by atoms with Crippen LogP contribution in [-0.4, -0.2) is 12.0 Å². The molecule has 0 aliphatic carbocycles. The monoisotopic (exact) mass is 247 g/mol. The van der Waals surface area contributed by atoms with Gasteiger partial charge in [0.05, 0.1) is 10.0 Å². The molecule has 0 bridgehead atoms. The minimum atomic E-state index is -0.618. The highest BCUT2D eigenvalue weighted by Gasteiger charge is 2.09. The van der Waals surface area contributed by atoms with Crippen LogP contribution in [0.25, 0.3) is 0 Å². The van der Waals surface area contributed by atoms with Gasteiger partial charge in [-0.1, -0.05) is 29.3 Å². The summed E-state index contributed by atoms with van der Waals surface area (Å²) in [4.78, 5) is 11.1. The number of carbonyl (C=O) groups excluding carboxylic acids is 1. The molecule has 0 spiro atoms. The Morgan fingerprint density at radius 1 is 1.47 bits per heavy atom. The van der Waals surface area contributed by atoms with E-state index in [0.29, 0.717) is 10.0 Å². The van der Waals surface area contributed by atoms with E-state index < -0.39 is 12.0 Å². The summed E-state index contributed by atoms with van der Waals surface area (Å²) < 4.78 is 4.92. The van der Waals surface area contributed by atoms with Crippen molar-refractivity contribution in [1.29, 1.82) is 0 Å². The number of esters is 1. The van der Waals surface area contributed by atoms with Crippen LogP contribution in [0, 0.1) is 0 Å². The highest BCUT2D eigenvalue weighted by Crippen LogP contribution is 2.22. The van der Waals surface area contributed by atoms with Gasteiger partial charge >= 0.3 is 5.97 Å². The van der Waals surface area contributed by atoms with Crippen molar-refractivity contribution < 1.29 is 9.53 Å². The Labute approximate surface area is 98.1 Å². The van der Waals surface area contributed by atoms with Gasteiger partial charge in [-0.3, -0.25) is 4.79 Å². The van der Waals surface area contributed by atoms with Crippen molar-refractivity contribution in [1.82, 2.24) is 0 Å². The van der Waals surface area contributed by atoms with E-state index in [1.807, 2.05) is 0 Å². The zero-order chi connectivity index (χ0) is 11.4. The molecule has 0 aliphatic heterocycles. The first-order valence-corrected chi connectivity index (χ1v) is 5.12.